The smallest absolute Gasteiger partial charge is 0.111 e. The van der Waals surface area contributed by atoms with Crippen LogP contribution in [0.2, 0.25) is 0 Å². The maximum atomic E-state index is 5.51. The van der Waals surface area contributed by atoms with Crippen molar-refractivity contribution in [2.75, 3.05) is 6.54 Å². The summed E-state index contributed by atoms with van der Waals surface area (Å²) in [5.41, 5.74) is 6.65. The summed E-state index contributed by atoms with van der Waals surface area (Å²) in [4.78, 5) is 1.36. The molecule has 0 aliphatic carbocycles. The summed E-state index contributed by atoms with van der Waals surface area (Å²) in [7, 11) is 0. The minimum absolute atomic E-state index is 0.392. The van der Waals surface area contributed by atoms with Crippen molar-refractivity contribution in [3.8, 4) is 0 Å². The van der Waals surface area contributed by atoms with Gasteiger partial charge in [0.1, 0.15) is 5.37 Å². The molecule has 0 saturated heterocycles. The SMILES string of the molecule is NCC1=CSC(c2cccs2)N1. The Morgan fingerprint density at radius 2 is 2.50 bits per heavy atom. The summed E-state index contributed by atoms with van der Waals surface area (Å²) < 4.78 is 0. The van der Waals surface area contributed by atoms with Crippen LogP contribution in [0.15, 0.2) is 28.6 Å². The van der Waals surface area contributed by atoms with Crippen molar-refractivity contribution in [3.05, 3.63) is 33.5 Å². The van der Waals surface area contributed by atoms with Gasteiger partial charge in [0.05, 0.1) is 0 Å². The van der Waals surface area contributed by atoms with E-state index in [1.165, 1.54) is 4.88 Å². The summed E-state index contributed by atoms with van der Waals surface area (Å²) in [6.45, 7) is 0.606. The van der Waals surface area contributed by atoms with E-state index in [0.29, 0.717) is 11.9 Å². The highest BCUT2D eigenvalue weighted by Gasteiger charge is 2.17. The molecule has 4 heteroatoms. The molecule has 0 amide bonds. The van der Waals surface area contributed by atoms with E-state index in [0.717, 1.165) is 5.70 Å². The first-order chi connectivity index (χ1) is 5.90. The van der Waals surface area contributed by atoms with Crippen LogP contribution in [-0.2, 0) is 0 Å². The predicted octanol–water partition coefficient (Wildman–Crippen LogP) is 1.88. The Labute approximate surface area is 79.8 Å². The van der Waals surface area contributed by atoms with Crippen molar-refractivity contribution in [2.45, 2.75) is 5.37 Å². The summed E-state index contributed by atoms with van der Waals surface area (Å²) >= 11 is 3.57. The molecule has 0 saturated carbocycles. The third-order valence-corrected chi connectivity index (χ3v) is 3.84. The Balaban J connectivity index is 2.04. The molecule has 0 radical (unpaired) electrons. The molecule has 1 unspecified atom stereocenters. The lowest BCUT2D eigenvalue weighted by Crippen LogP contribution is -2.18. The maximum absolute atomic E-state index is 5.51. The normalized spacial score (nSPS) is 22.1. The second kappa shape index (κ2) is 3.51. The number of thioether (sulfide) groups is 1. The maximum Gasteiger partial charge on any atom is 0.111 e. The molecule has 0 aromatic carbocycles. The first-order valence-corrected chi connectivity index (χ1v) is 5.57. The van der Waals surface area contributed by atoms with Gasteiger partial charge in [0.25, 0.3) is 0 Å². The summed E-state index contributed by atoms with van der Waals surface area (Å²) in [5, 5.41) is 7.94. The fourth-order valence-electron chi connectivity index (χ4n) is 1.07. The third kappa shape index (κ3) is 1.50. The molecule has 1 aromatic rings. The van der Waals surface area contributed by atoms with Gasteiger partial charge in [0.2, 0.25) is 0 Å². The van der Waals surface area contributed by atoms with Crippen molar-refractivity contribution in [2.24, 2.45) is 5.73 Å². The molecule has 1 aliphatic heterocycles. The monoisotopic (exact) mass is 198 g/mol. The van der Waals surface area contributed by atoms with Gasteiger partial charge in [0.15, 0.2) is 0 Å². The van der Waals surface area contributed by atoms with Crippen LogP contribution < -0.4 is 11.1 Å². The molecule has 0 spiro atoms. The van der Waals surface area contributed by atoms with E-state index < -0.39 is 0 Å². The first kappa shape index (κ1) is 8.16. The molecule has 64 valence electrons. The number of hydrogen-bond acceptors (Lipinski definition) is 4. The van der Waals surface area contributed by atoms with E-state index in [1.54, 1.807) is 23.1 Å². The number of nitrogens with one attached hydrogen (secondary N) is 1. The molecule has 1 atom stereocenters. The molecule has 2 nitrogen and oxygen atoms in total. The van der Waals surface area contributed by atoms with Crippen molar-refractivity contribution in [1.82, 2.24) is 5.32 Å². The van der Waals surface area contributed by atoms with Gasteiger partial charge in [-0.2, -0.15) is 0 Å². The van der Waals surface area contributed by atoms with Crippen LogP contribution in [0.4, 0.5) is 0 Å². The number of rotatable bonds is 2. The van der Waals surface area contributed by atoms with E-state index in [-0.39, 0.29) is 0 Å². The van der Waals surface area contributed by atoms with Crippen LogP contribution >= 0.6 is 23.1 Å². The fourth-order valence-corrected chi connectivity index (χ4v) is 2.96. The largest absolute Gasteiger partial charge is 0.370 e. The zero-order valence-corrected chi connectivity index (χ0v) is 8.12. The van der Waals surface area contributed by atoms with Gasteiger partial charge in [-0.15, -0.1) is 23.1 Å². The molecular formula is C8H10N2S2. The van der Waals surface area contributed by atoms with Crippen LogP contribution in [0.3, 0.4) is 0 Å². The predicted molar refractivity (Wildman–Crippen MR) is 54.9 cm³/mol. The zero-order chi connectivity index (χ0) is 8.39. The van der Waals surface area contributed by atoms with Gasteiger partial charge < -0.3 is 11.1 Å². The second-order valence-corrected chi connectivity index (χ2v) is 4.48. The van der Waals surface area contributed by atoms with Crippen molar-refractivity contribution < 1.29 is 0 Å². The molecule has 0 fully saturated rings. The highest BCUT2D eigenvalue weighted by Crippen LogP contribution is 2.35. The van der Waals surface area contributed by atoms with Crippen LogP contribution in [0, 0.1) is 0 Å². The Hall–Kier alpha value is -0.450. The molecule has 1 aliphatic rings. The van der Waals surface area contributed by atoms with Gasteiger partial charge in [0, 0.05) is 17.1 Å². The van der Waals surface area contributed by atoms with Crippen LogP contribution in [0.25, 0.3) is 0 Å². The Bertz CT molecular complexity index is 279. The molecule has 3 N–H and O–H groups in total. The highest BCUT2D eigenvalue weighted by atomic mass is 32.2. The summed E-state index contributed by atoms with van der Waals surface area (Å²) in [6, 6.07) is 4.21. The second-order valence-electron chi connectivity index (χ2n) is 2.52. The molecule has 12 heavy (non-hydrogen) atoms. The summed E-state index contributed by atoms with van der Waals surface area (Å²) in [6.07, 6.45) is 0. The molecule has 1 aromatic heterocycles. The van der Waals surface area contributed by atoms with Gasteiger partial charge in [-0.05, 0) is 16.9 Å². The molecule has 0 bridgehead atoms. The minimum atomic E-state index is 0.392. The van der Waals surface area contributed by atoms with Gasteiger partial charge in [-0.3, -0.25) is 0 Å². The van der Waals surface area contributed by atoms with E-state index in [9.17, 15) is 0 Å². The van der Waals surface area contributed by atoms with Crippen LogP contribution in [0.5, 0.6) is 0 Å². The van der Waals surface area contributed by atoms with E-state index in [1.807, 2.05) is 0 Å². The van der Waals surface area contributed by atoms with E-state index in [2.05, 4.69) is 28.2 Å². The lowest BCUT2D eigenvalue weighted by molar-refractivity contribution is 0.799. The van der Waals surface area contributed by atoms with Crippen molar-refractivity contribution in [1.29, 1.82) is 0 Å². The zero-order valence-electron chi connectivity index (χ0n) is 6.49. The standard InChI is InChI=1S/C8H10N2S2/c9-4-6-5-12-8(10-6)7-2-1-3-11-7/h1-3,5,8,10H,4,9H2. The van der Waals surface area contributed by atoms with E-state index in [4.69, 9.17) is 5.73 Å². The highest BCUT2D eigenvalue weighted by molar-refractivity contribution is 8.02. The van der Waals surface area contributed by atoms with Gasteiger partial charge in [-0.1, -0.05) is 6.07 Å². The lowest BCUT2D eigenvalue weighted by atomic mass is 10.4. The minimum Gasteiger partial charge on any atom is -0.370 e. The quantitative estimate of drug-likeness (QED) is 0.762. The number of nitrogens with two attached hydrogens (primary N) is 1. The van der Waals surface area contributed by atoms with E-state index >= 15 is 0 Å². The Morgan fingerprint density at radius 3 is 3.08 bits per heavy atom. The average molecular weight is 198 g/mol. The Morgan fingerprint density at radius 1 is 1.58 bits per heavy atom. The van der Waals surface area contributed by atoms with Crippen molar-refractivity contribution in [3.63, 3.8) is 0 Å². The topological polar surface area (TPSA) is 38.0 Å². The summed E-state index contributed by atoms with van der Waals surface area (Å²) in [5.74, 6) is 0. The first-order valence-electron chi connectivity index (χ1n) is 3.74. The lowest BCUT2D eigenvalue weighted by Gasteiger charge is -2.09. The van der Waals surface area contributed by atoms with Crippen LogP contribution in [-0.4, -0.2) is 6.54 Å². The molecular weight excluding hydrogens is 188 g/mol. The number of thiophene rings is 1. The molecule has 2 rings (SSSR count). The van der Waals surface area contributed by atoms with Gasteiger partial charge >= 0.3 is 0 Å². The number of hydrogen-bond donors (Lipinski definition) is 2. The van der Waals surface area contributed by atoms with Crippen molar-refractivity contribution >= 4 is 23.1 Å². The Kier molecular flexibility index (Phi) is 2.39. The molecule has 2 heterocycles. The third-order valence-electron chi connectivity index (χ3n) is 1.68. The fraction of sp³-hybridized carbons (Fsp3) is 0.250. The average Bonchev–Trinajstić information content (AvgIpc) is 2.75. The van der Waals surface area contributed by atoms with Gasteiger partial charge in [-0.25, -0.2) is 0 Å². The van der Waals surface area contributed by atoms with Crippen LogP contribution in [0.1, 0.15) is 10.3 Å².